The summed E-state index contributed by atoms with van der Waals surface area (Å²) in [6.07, 6.45) is 7.39. The topological polar surface area (TPSA) is 91.6 Å². The molecule has 5 rings (SSSR count). The quantitative estimate of drug-likeness (QED) is 0.767. The Morgan fingerprint density at radius 3 is 2.70 bits per heavy atom. The van der Waals surface area contributed by atoms with Crippen molar-refractivity contribution in [3.8, 4) is 0 Å². The summed E-state index contributed by atoms with van der Waals surface area (Å²) in [5, 5.41) is 13.2. The van der Waals surface area contributed by atoms with Crippen LogP contribution >= 0.6 is 0 Å². The Kier molecular flexibility index (Phi) is 4.81. The molecule has 2 aliphatic heterocycles. The van der Waals surface area contributed by atoms with E-state index < -0.39 is 6.04 Å². The molecular formula is C23H29N3O4. The van der Waals surface area contributed by atoms with Crippen LogP contribution in [0.1, 0.15) is 56.3 Å². The number of hydrogen-bond acceptors (Lipinski definition) is 4. The molecule has 2 amide bonds. The third-order valence-electron chi connectivity index (χ3n) is 7.36. The minimum absolute atomic E-state index is 0.0232. The van der Waals surface area contributed by atoms with E-state index in [1.54, 1.807) is 9.47 Å². The van der Waals surface area contributed by atoms with Gasteiger partial charge in [-0.1, -0.05) is 6.08 Å². The van der Waals surface area contributed by atoms with Gasteiger partial charge in [0.15, 0.2) is 0 Å². The molecule has 0 spiro atoms. The van der Waals surface area contributed by atoms with Crippen LogP contribution in [0.15, 0.2) is 23.0 Å². The molecule has 0 bridgehead atoms. The van der Waals surface area contributed by atoms with Crippen LogP contribution in [0.3, 0.4) is 0 Å². The van der Waals surface area contributed by atoms with Gasteiger partial charge in [0.2, 0.25) is 11.8 Å². The molecule has 1 aromatic rings. The summed E-state index contributed by atoms with van der Waals surface area (Å²) < 4.78 is 1.76. The van der Waals surface area contributed by atoms with Gasteiger partial charge in [-0.15, -0.1) is 0 Å². The van der Waals surface area contributed by atoms with Crippen molar-refractivity contribution >= 4 is 17.4 Å². The van der Waals surface area contributed by atoms with Crippen LogP contribution in [-0.2, 0) is 16.1 Å². The van der Waals surface area contributed by atoms with Gasteiger partial charge < -0.3 is 19.9 Å². The van der Waals surface area contributed by atoms with Crippen molar-refractivity contribution in [1.82, 2.24) is 14.8 Å². The van der Waals surface area contributed by atoms with Gasteiger partial charge in [-0.25, -0.2) is 0 Å². The summed E-state index contributed by atoms with van der Waals surface area (Å²) in [6, 6.07) is 2.77. The number of nitrogens with one attached hydrogen (secondary N) is 1. The third-order valence-corrected chi connectivity index (χ3v) is 7.36. The lowest BCUT2D eigenvalue weighted by Gasteiger charge is -2.30. The molecule has 1 saturated carbocycles. The van der Waals surface area contributed by atoms with E-state index in [2.05, 4.69) is 11.4 Å². The van der Waals surface area contributed by atoms with Crippen molar-refractivity contribution < 1.29 is 14.7 Å². The van der Waals surface area contributed by atoms with Crippen LogP contribution in [0.2, 0.25) is 0 Å². The van der Waals surface area contributed by atoms with E-state index in [0.29, 0.717) is 19.0 Å². The lowest BCUT2D eigenvalue weighted by Crippen LogP contribution is -2.50. The van der Waals surface area contributed by atoms with E-state index in [-0.39, 0.29) is 41.9 Å². The molecule has 160 valence electrons. The second-order valence-corrected chi connectivity index (χ2v) is 9.22. The van der Waals surface area contributed by atoms with Gasteiger partial charge in [-0.2, -0.15) is 0 Å². The van der Waals surface area contributed by atoms with Crippen LogP contribution in [0, 0.1) is 17.8 Å². The molecule has 0 radical (unpaired) electrons. The van der Waals surface area contributed by atoms with Crippen molar-refractivity contribution in [2.75, 3.05) is 13.2 Å². The Bertz CT molecular complexity index is 977. The first-order valence-electron chi connectivity index (χ1n) is 11.1. The lowest BCUT2D eigenvalue weighted by atomic mass is 9.88. The van der Waals surface area contributed by atoms with Gasteiger partial charge in [0.1, 0.15) is 6.04 Å². The summed E-state index contributed by atoms with van der Waals surface area (Å²) in [6.45, 7) is 2.34. The molecule has 2 aliphatic carbocycles. The Hall–Kier alpha value is -2.41. The fourth-order valence-corrected chi connectivity index (χ4v) is 5.68. The number of carbonyl (C=O) groups is 2. The molecule has 30 heavy (non-hydrogen) atoms. The van der Waals surface area contributed by atoms with Crippen molar-refractivity contribution in [3.63, 3.8) is 0 Å². The normalized spacial score (nSPS) is 29.5. The third kappa shape index (κ3) is 3.02. The van der Waals surface area contributed by atoms with E-state index >= 15 is 0 Å². The summed E-state index contributed by atoms with van der Waals surface area (Å²) in [5.41, 5.74) is 2.60. The highest BCUT2D eigenvalue weighted by Crippen LogP contribution is 2.49. The molecule has 0 unspecified atom stereocenters. The minimum atomic E-state index is -0.692. The number of fused-ring (bicyclic) bond motifs is 3. The Morgan fingerprint density at radius 2 is 2.07 bits per heavy atom. The molecule has 7 nitrogen and oxygen atoms in total. The van der Waals surface area contributed by atoms with Crippen LogP contribution in [0.4, 0.5) is 0 Å². The van der Waals surface area contributed by atoms with E-state index in [9.17, 15) is 19.5 Å². The van der Waals surface area contributed by atoms with Crippen molar-refractivity contribution in [1.29, 1.82) is 0 Å². The zero-order valence-electron chi connectivity index (χ0n) is 17.3. The highest BCUT2D eigenvalue weighted by molar-refractivity contribution is 5.88. The van der Waals surface area contributed by atoms with Crippen molar-refractivity contribution in [2.45, 2.75) is 57.7 Å². The van der Waals surface area contributed by atoms with Gasteiger partial charge in [0, 0.05) is 49.7 Å². The van der Waals surface area contributed by atoms with Crippen LogP contribution in [0.5, 0.6) is 0 Å². The maximum Gasteiger partial charge on any atom is 0.258 e. The molecule has 7 heteroatoms. The van der Waals surface area contributed by atoms with Gasteiger partial charge in [-0.05, 0) is 55.7 Å². The number of amides is 2. The summed E-state index contributed by atoms with van der Waals surface area (Å²) in [5.74, 6) is -0.373. The number of carbonyl (C=O) groups excluding carboxylic acids is 2. The fourth-order valence-electron chi connectivity index (χ4n) is 5.68. The molecular weight excluding hydrogens is 382 g/mol. The second kappa shape index (κ2) is 7.38. The number of nitrogens with zero attached hydrogens (tertiary/aromatic N) is 2. The Labute approximate surface area is 175 Å². The standard InChI is InChI=1S/C23H29N3O4/c1-13(28)26-20-17(18(12-27)21(26)22(29)24-10-14-6-7-14)11-25-19(20)9-8-16(23(25)30)15-4-2-3-5-15/h4,8-9,14,17-18,20-21,27H,2-3,5-7,10-12H2,1H3,(H,24,29)/t17-,18-,20+,21-/m0/s1. The highest BCUT2D eigenvalue weighted by Gasteiger charge is 2.56. The molecule has 2 fully saturated rings. The number of rotatable bonds is 5. The average Bonchev–Trinajstić information content (AvgIpc) is 3.13. The van der Waals surface area contributed by atoms with E-state index in [4.69, 9.17) is 0 Å². The molecule has 3 heterocycles. The smallest absolute Gasteiger partial charge is 0.258 e. The number of pyridine rings is 1. The number of allylic oxidation sites excluding steroid dienone is 2. The summed E-state index contributed by atoms with van der Waals surface area (Å²) >= 11 is 0. The molecule has 4 aliphatic rings. The molecule has 2 N–H and O–H groups in total. The predicted octanol–water partition coefficient (Wildman–Crippen LogP) is 1.45. The zero-order chi connectivity index (χ0) is 21.0. The Balaban J connectivity index is 1.50. The van der Waals surface area contributed by atoms with Gasteiger partial charge in [0.25, 0.3) is 5.56 Å². The average molecular weight is 412 g/mol. The predicted molar refractivity (Wildman–Crippen MR) is 111 cm³/mol. The van der Waals surface area contributed by atoms with E-state index in [1.165, 1.54) is 6.92 Å². The SMILES string of the molecule is CC(=O)N1[C@H](C(=O)NCC2CC2)[C@@H](CO)[C@@H]2Cn3c(ccc(C4=CCCC4)c3=O)[C@@H]21. The van der Waals surface area contributed by atoms with Gasteiger partial charge in [0.05, 0.1) is 6.04 Å². The Morgan fingerprint density at radius 1 is 1.27 bits per heavy atom. The highest BCUT2D eigenvalue weighted by atomic mass is 16.3. The monoisotopic (exact) mass is 411 g/mol. The van der Waals surface area contributed by atoms with Crippen LogP contribution < -0.4 is 10.9 Å². The first-order valence-corrected chi connectivity index (χ1v) is 11.1. The number of likely N-dealkylation sites (tertiary alicyclic amines) is 1. The maximum absolute atomic E-state index is 13.2. The van der Waals surface area contributed by atoms with Crippen LogP contribution in [-0.4, -0.2) is 45.6 Å². The fraction of sp³-hybridized carbons (Fsp3) is 0.609. The number of hydrogen-bond donors (Lipinski definition) is 2. The van der Waals surface area contributed by atoms with Gasteiger partial charge in [-0.3, -0.25) is 14.4 Å². The molecule has 1 saturated heterocycles. The van der Waals surface area contributed by atoms with E-state index in [0.717, 1.165) is 48.9 Å². The first kappa shape index (κ1) is 19.5. The summed E-state index contributed by atoms with van der Waals surface area (Å²) in [4.78, 5) is 40.5. The first-order chi connectivity index (χ1) is 14.5. The number of aromatic nitrogens is 1. The second-order valence-electron chi connectivity index (χ2n) is 9.22. The number of aliphatic hydroxyl groups is 1. The minimum Gasteiger partial charge on any atom is -0.396 e. The molecule has 1 aromatic heterocycles. The van der Waals surface area contributed by atoms with Crippen molar-refractivity contribution in [3.05, 3.63) is 39.8 Å². The largest absolute Gasteiger partial charge is 0.396 e. The van der Waals surface area contributed by atoms with Crippen molar-refractivity contribution in [2.24, 2.45) is 17.8 Å². The summed E-state index contributed by atoms with van der Waals surface area (Å²) in [7, 11) is 0. The number of aliphatic hydroxyl groups excluding tert-OH is 1. The van der Waals surface area contributed by atoms with Crippen LogP contribution in [0.25, 0.3) is 5.57 Å². The molecule has 0 aromatic carbocycles. The van der Waals surface area contributed by atoms with Gasteiger partial charge >= 0.3 is 0 Å². The maximum atomic E-state index is 13.2. The zero-order valence-corrected chi connectivity index (χ0v) is 17.3. The molecule has 4 atom stereocenters. The lowest BCUT2D eigenvalue weighted by molar-refractivity contribution is -0.140. The van der Waals surface area contributed by atoms with E-state index in [1.807, 2.05) is 12.1 Å².